The van der Waals surface area contributed by atoms with E-state index in [9.17, 15) is 29.2 Å². The molecule has 0 atom stereocenters. The summed E-state index contributed by atoms with van der Waals surface area (Å²) in [6.45, 7) is 3.46. The molecule has 4 N–H and O–H groups in total. The molecule has 0 bridgehead atoms. The van der Waals surface area contributed by atoms with Crippen molar-refractivity contribution in [2.24, 2.45) is 9.98 Å². The maximum absolute atomic E-state index is 13.2. The number of aromatic nitrogens is 4. The van der Waals surface area contributed by atoms with Gasteiger partial charge in [0, 0.05) is 41.3 Å². The average molecular weight is 682 g/mol. The van der Waals surface area contributed by atoms with Crippen LogP contribution in [0.5, 0.6) is 23.3 Å². The molecule has 0 spiro atoms. The van der Waals surface area contributed by atoms with E-state index < -0.39 is 11.6 Å². The Bertz CT molecular complexity index is 1900. The molecule has 2 heterocycles. The topological polar surface area (TPSA) is 141 Å². The predicted octanol–water partition coefficient (Wildman–Crippen LogP) is 6.96. The van der Waals surface area contributed by atoms with Crippen LogP contribution in [0.15, 0.2) is 107 Å². The fraction of sp³-hybridized carbons (Fsp3) is 0.0588. The van der Waals surface area contributed by atoms with Gasteiger partial charge < -0.3 is 20.4 Å². The molecule has 0 aliphatic carbocycles. The first-order chi connectivity index (χ1) is 22.1. The van der Waals surface area contributed by atoms with Crippen molar-refractivity contribution in [2.45, 2.75) is 13.8 Å². The van der Waals surface area contributed by atoms with Crippen LogP contribution in [-0.4, -0.2) is 52.4 Å². The predicted molar refractivity (Wildman–Crippen MR) is 171 cm³/mol. The number of hydrogen-bond acceptors (Lipinski definition) is 8. The third-order valence-corrected chi connectivity index (χ3v) is 6.70. The second-order valence-electron chi connectivity index (χ2n) is 9.92. The van der Waals surface area contributed by atoms with Crippen LogP contribution in [0.3, 0.4) is 0 Å². The Labute approximate surface area is 278 Å². The third-order valence-electron chi connectivity index (χ3n) is 6.70. The van der Waals surface area contributed by atoms with E-state index in [0.717, 1.165) is 24.3 Å². The maximum atomic E-state index is 13.2. The molecule has 0 unspecified atom stereocenters. The molecule has 47 heavy (non-hydrogen) atoms. The van der Waals surface area contributed by atoms with E-state index in [1.165, 1.54) is 33.9 Å². The molecule has 0 aliphatic rings. The summed E-state index contributed by atoms with van der Waals surface area (Å²) in [6.07, 6.45) is 2.71. The van der Waals surface area contributed by atoms with Crippen molar-refractivity contribution in [3.8, 4) is 34.6 Å². The number of aryl methyl sites for hydroxylation is 2. The van der Waals surface area contributed by atoms with Crippen molar-refractivity contribution < 1.29 is 46.0 Å². The zero-order valence-electron chi connectivity index (χ0n) is 25.0. The summed E-state index contributed by atoms with van der Waals surface area (Å²) in [6, 6.07) is 25.3. The molecule has 4 aromatic carbocycles. The van der Waals surface area contributed by atoms with E-state index in [4.69, 9.17) is 0 Å². The van der Waals surface area contributed by atoms with Gasteiger partial charge in [0.25, 0.3) is 0 Å². The molecule has 6 aromatic rings. The summed E-state index contributed by atoms with van der Waals surface area (Å²) in [4.78, 5) is 8.07. The largest absolute Gasteiger partial charge is 0.506 e. The molecule has 0 amide bonds. The van der Waals surface area contributed by atoms with E-state index in [1.54, 1.807) is 13.8 Å². The number of halogens is 2. The summed E-state index contributed by atoms with van der Waals surface area (Å²) in [5.41, 5.74) is 3.50. The van der Waals surface area contributed by atoms with E-state index in [1.807, 2.05) is 60.7 Å². The standard InChI is InChI=1S/2C17H14FN3O2.Co/c2*1-11-14(10-19-15-9-12(18)7-8-16(15)22)17(23)21(20-11)13-5-3-2-4-6-13;/h2*2-10,22-23H,1H3;. The summed E-state index contributed by atoms with van der Waals surface area (Å²) >= 11 is 0. The van der Waals surface area contributed by atoms with E-state index in [2.05, 4.69) is 20.2 Å². The van der Waals surface area contributed by atoms with Gasteiger partial charge in [0.05, 0.1) is 33.9 Å². The van der Waals surface area contributed by atoms with Gasteiger partial charge in [-0.3, -0.25) is 9.98 Å². The normalized spacial score (nSPS) is 11.0. The Morgan fingerprint density at radius 3 is 1.30 bits per heavy atom. The Hall–Kier alpha value is -5.79. The van der Waals surface area contributed by atoms with Crippen molar-refractivity contribution in [1.29, 1.82) is 0 Å². The van der Waals surface area contributed by atoms with Gasteiger partial charge in [-0.1, -0.05) is 36.4 Å². The number of aromatic hydroxyl groups is 4. The summed E-state index contributed by atoms with van der Waals surface area (Å²) in [5, 5.41) is 48.6. The number of hydrogen-bond donors (Lipinski definition) is 4. The van der Waals surface area contributed by atoms with Crippen LogP contribution in [0.1, 0.15) is 22.5 Å². The first-order valence-corrected chi connectivity index (χ1v) is 13.9. The van der Waals surface area contributed by atoms with Gasteiger partial charge >= 0.3 is 0 Å². The molecule has 0 saturated heterocycles. The molecule has 0 fully saturated rings. The zero-order chi connectivity index (χ0) is 32.8. The fourth-order valence-corrected chi connectivity index (χ4v) is 4.32. The minimum Gasteiger partial charge on any atom is -0.506 e. The van der Waals surface area contributed by atoms with Gasteiger partial charge in [-0.05, 0) is 62.4 Å². The maximum Gasteiger partial charge on any atom is 0.223 e. The Kier molecular flexibility index (Phi) is 10.9. The quantitative estimate of drug-likeness (QED) is 0.140. The fourth-order valence-electron chi connectivity index (χ4n) is 4.32. The van der Waals surface area contributed by atoms with Gasteiger partial charge in [-0.2, -0.15) is 10.2 Å². The van der Waals surface area contributed by atoms with E-state index in [-0.39, 0.29) is 51.4 Å². The molecule has 0 saturated carbocycles. The molecule has 6 rings (SSSR count). The Morgan fingerprint density at radius 2 is 0.936 bits per heavy atom. The van der Waals surface area contributed by atoms with Crippen molar-refractivity contribution in [1.82, 2.24) is 19.6 Å². The van der Waals surface area contributed by atoms with E-state index >= 15 is 0 Å². The van der Waals surface area contributed by atoms with Crippen LogP contribution in [0.2, 0.25) is 0 Å². The number of para-hydroxylation sites is 2. The number of benzene rings is 4. The number of phenolic OH excluding ortho intramolecular Hbond substituents is 2. The second kappa shape index (κ2) is 15.0. The molecule has 1 radical (unpaired) electrons. The van der Waals surface area contributed by atoms with Gasteiger partial charge in [0.2, 0.25) is 11.8 Å². The second-order valence-corrected chi connectivity index (χ2v) is 9.92. The number of phenols is 2. The monoisotopic (exact) mass is 681 g/mol. The van der Waals surface area contributed by atoms with E-state index in [0.29, 0.717) is 33.9 Å². The summed E-state index contributed by atoms with van der Waals surface area (Å²) < 4.78 is 29.2. The number of aliphatic imine (C=N–C) groups is 2. The molecule has 13 heteroatoms. The molecule has 10 nitrogen and oxygen atoms in total. The minimum absolute atomic E-state index is 0. The molecule has 241 valence electrons. The number of nitrogens with zero attached hydrogens (tertiary/aromatic N) is 6. The molecule has 2 aromatic heterocycles. The first-order valence-electron chi connectivity index (χ1n) is 13.9. The van der Waals surface area contributed by atoms with Gasteiger partial charge in [0.15, 0.2) is 0 Å². The van der Waals surface area contributed by atoms with Gasteiger partial charge in [-0.15, -0.1) is 0 Å². The van der Waals surface area contributed by atoms with Crippen LogP contribution in [0.25, 0.3) is 11.4 Å². The number of rotatable bonds is 6. The van der Waals surface area contributed by atoms with Gasteiger partial charge in [0.1, 0.15) is 34.5 Å². The Morgan fingerprint density at radius 1 is 0.574 bits per heavy atom. The molecular formula is C34H28CoF2N6O4. The van der Waals surface area contributed by atoms with Crippen LogP contribution in [0.4, 0.5) is 20.2 Å². The third kappa shape index (κ3) is 7.90. The summed E-state index contributed by atoms with van der Waals surface area (Å²) in [5.74, 6) is -1.45. The van der Waals surface area contributed by atoms with Crippen molar-refractivity contribution in [3.63, 3.8) is 0 Å². The zero-order valence-corrected chi connectivity index (χ0v) is 26.0. The van der Waals surface area contributed by atoms with Crippen LogP contribution >= 0.6 is 0 Å². The summed E-state index contributed by atoms with van der Waals surface area (Å²) in [7, 11) is 0. The Balaban J connectivity index is 0.000000208. The van der Waals surface area contributed by atoms with Crippen LogP contribution < -0.4 is 0 Å². The smallest absolute Gasteiger partial charge is 0.223 e. The van der Waals surface area contributed by atoms with Crippen LogP contribution in [-0.2, 0) is 16.8 Å². The molecule has 0 aliphatic heterocycles. The van der Waals surface area contributed by atoms with Gasteiger partial charge in [-0.25, -0.2) is 18.1 Å². The van der Waals surface area contributed by atoms with Crippen molar-refractivity contribution >= 4 is 23.8 Å². The minimum atomic E-state index is -0.504. The molecular weight excluding hydrogens is 653 g/mol. The first kappa shape index (κ1) is 34.1. The van der Waals surface area contributed by atoms with Crippen molar-refractivity contribution in [3.05, 3.63) is 131 Å². The van der Waals surface area contributed by atoms with Crippen LogP contribution in [0, 0.1) is 25.5 Å². The SMILES string of the molecule is Cc1nn(-c2ccccc2)c(O)c1C=Nc1cc(F)ccc1O.Cc1nn(-c2ccccc2)c(O)c1C=Nc1cc(F)ccc1O.[Co]. The average Bonchev–Trinajstić information content (AvgIpc) is 3.51. The van der Waals surface area contributed by atoms with Crippen molar-refractivity contribution in [2.75, 3.05) is 0 Å².